The number of hydrogen-bond acceptors (Lipinski definition) is 1. The van der Waals surface area contributed by atoms with Crippen LogP contribution in [0.25, 0.3) is 0 Å². The normalized spacial score (nSPS) is 10.1. The number of carbonyl (C=O) groups excluding carboxylic acids is 1. The molecule has 1 N–H and O–H groups in total. The Morgan fingerprint density at radius 3 is 2.28 bits per heavy atom. The van der Waals surface area contributed by atoms with Gasteiger partial charge in [0.1, 0.15) is 5.82 Å². The second-order valence-electron chi connectivity index (χ2n) is 3.86. The molecule has 18 heavy (non-hydrogen) atoms. The molecule has 0 spiro atoms. The van der Waals surface area contributed by atoms with E-state index < -0.39 is 0 Å². The van der Waals surface area contributed by atoms with Crippen LogP contribution in [-0.4, -0.2) is 5.91 Å². The highest BCUT2D eigenvalue weighted by molar-refractivity contribution is 6.30. The monoisotopic (exact) mass is 263 g/mol. The van der Waals surface area contributed by atoms with Gasteiger partial charge in [0.2, 0.25) is 5.91 Å². The van der Waals surface area contributed by atoms with Gasteiger partial charge in [0.05, 0.1) is 6.42 Å². The molecule has 0 atom stereocenters. The van der Waals surface area contributed by atoms with Crippen LogP contribution in [0.2, 0.25) is 5.02 Å². The summed E-state index contributed by atoms with van der Waals surface area (Å²) in [6.07, 6.45) is 0.211. The van der Waals surface area contributed by atoms with Crippen molar-refractivity contribution in [3.05, 3.63) is 64.9 Å². The first-order valence-corrected chi connectivity index (χ1v) is 5.81. The minimum Gasteiger partial charge on any atom is -0.326 e. The predicted molar refractivity (Wildman–Crippen MR) is 70.2 cm³/mol. The Bertz CT molecular complexity index is 487. The maximum Gasteiger partial charge on any atom is 0.228 e. The lowest BCUT2D eigenvalue weighted by molar-refractivity contribution is -0.115. The Morgan fingerprint density at radius 2 is 1.67 bits per heavy atom. The summed E-state index contributed by atoms with van der Waals surface area (Å²) in [5, 5.41) is 3.36. The van der Waals surface area contributed by atoms with Gasteiger partial charge in [-0.3, -0.25) is 4.79 Å². The van der Waals surface area contributed by atoms with E-state index in [2.05, 4.69) is 5.32 Å². The first-order valence-electron chi connectivity index (χ1n) is 5.43. The van der Waals surface area contributed by atoms with Gasteiger partial charge in [0.25, 0.3) is 0 Å². The lowest BCUT2D eigenvalue weighted by atomic mass is 10.1. The van der Waals surface area contributed by atoms with Gasteiger partial charge in [-0.15, -0.1) is 0 Å². The summed E-state index contributed by atoms with van der Waals surface area (Å²) in [6.45, 7) is 0. The van der Waals surface area contributed by atoms with Crippen molar-refractivity contribution in [1.29, 1.82) is 0 Å². The van der Waals surface area contributed by atoms with Crippen LogP contribution >= 0.6 is 11.6 Å². The van der Waals surface area contributed by atoms with Gasteiger partial charge in [0, 0.05) is 10.7 Å². The molecule has 0 saturated carbocycles. The van der Waals surface area contributed by atoms with Crippen molar-refractivity contribution >= 4 is 23.2 Å². The maximum atomic E-state index is 12.7. The average molecular weight is 264 g/mol. The van der Waals surface area contributed by atoms with Crippen LogP contribution < -0.4 is 5.32 Å². The number of halogens is 2. The van der Waals surface area contributed by atoms with Crippen molar-refractivity contribution < 1.29 is 9.18 Å². The number of anilines is 1. The molecule has 0 aliphatic heterocycles. The van der Waals surface area contributed by atoms with Gasteiger partial charge < -0.3 is 5.32 Å². The topological polar surface area (TPSA) is 29.1 Å². The number of benzene rings is 2. The third-order valence-corrected chi connectivity index (χ3v) is 2.66. The number of carbonyl (C=O) groups is 1. The number of hydrogen-bond donors (Lipinski definition) is 1. The zero-order valence-electron chi connectivity index (χ0n) is 9.49. The molecule has 0 unspecified atom stereocenters. The molecule has 2 aromatic rings. The van der Waals surface area contributed by atoms with E-state index in [1.807, 2.05) is 0 Å². The summed E-state index contributed by atoms with van der Waals surface area (Å²) >= 11 is 5.74. The first kappa shape index (κ1) is 12.6. The van der Waals surface area contributed by atoms with Crippen molar-refractivity contribution in [2.75, 3.05) is 5.32 Å². The van der Waals surface area contributed by atoms with Crippen molar-refractivity contribution in [1.82, 2.24) is 0 Å². The third kappa shape index (κ3) is 3.57. The van der Waals surface area contributed by atoms with Gasteiger partial charge in [-0.2, -0.15) is 0 Å². The fraction of sp³-hybridized carbons (Fsp3) is 0.0714. The van der Waals surface area contributed by atoms with E-state index in [1.54, 1.807) is 36.4 Å². The van der Waals surface area contributed by atoms with E-state index >= 15 is 0 Å². The van der Waals surface area contributed by atoms with Gasteiger partial charge in [-0.25, -0.2) is 4.39 Å². The molecule has 0 fully saturated rings. The molecule has 2 aromatic carbocycles. The number of nitrogens with one attached hydrogen (secondary N) is 1. The molecule has 0 aliphatic rings. The smallest absolute Gasteiger partial charge is 0.228 e. The third-order valence-electron chi connectivity index (χ3n) is 2.41. The highest BCUT2D eigenvalue weighted by Crippen LogP contribution is 2.13. The molecule has 92 valence electrons. The highest BCUT2D eigenvalue weighted by atomic mass is 35.5. The molecule has 0 bridgehead atoms. The van der Waals surface area contributed by atoms with Gasteiger partial charge >= 0.3 is 0 Å². The summed E-state index contributed by atoms with van der Waals surface area (Å²) < 4.78 is 12.7. The summed E-state index contributed by atoms with van der Waals surface area (Å²) in [6, 6.07) is 12.7. The van der Waals surface area contributed by atoms with Crippen LogP contribution in [0.15, 0.2) is 48.5 Å². The summed E-state index contributed by atoms with van der Waals surface area (Å²) in [5.41, 5.74) is 1.45. The molecular weight excluding hydrogens is 253 g/mol. The first-order chi connectivity index (χ1) is 8.63. The summed E-state index contributed by atoms with van der Waals surface area (Å²) in [7, 11) is 0. The fourth-order valence-corrected chi connectivity index (χ4v) is 1.65. The van der Waals surface area contributed by atoms with E-state index in [-0.39, 0.29) is 18.1 Å². The van der Waals surface area contributed by atoms with E-state index in [4.69, 9.17) is 11.6 Å². The van der Waals surface area contributed by atoms with E-state index in [0.29, 0.717) is 10.7 Å². The molecule has 4 heteroatoms. The van der Waals surface area contributed by atoms with E-state index in [0.717, 1.165) is 5.56 Å². The average Bonchev–Trinajstić information content (AvgIpc) is 2.35. The zero-order valence-corrected chi connectivity index (χ0v) is 10.2. The highest BCUT2D eigenvalue weighted by Gasteiger charge is 2.04. The predicted octanol–water partition coefficient (Wildman–Crippen LogP) is 3.66. The lowest BCUT2D eigenvalue weighted by Gasteiger charge is -2.05. The molecule has 0 heterocycles. The van der Waals surface area contributed by atoms with Crippen molar-refractivity contribution in [3.63, 3.8) is 0 Å². The molecule has 0 aromatic heterocycles. The van der Waals surface area contributed by atoms with E-state index in [1.165, 1.54) is 12.1 Å². The zero-order chi connectivity index (χ0) is 13.0. The van der Waals surface area contributed by atoms with Crippen molar-refractivity contribution in [2.45, 2.75) is 6.42 Å². The largest absolute Gasteiger partial charge is 0.326 e. The van der Waals surface area contributed by atoms with Gasteiger partial charge in [0.15, 0.2) is 0 Å². The fourth-order valence-electron chi connectivity index (χ4n) is 1.53. The molecule has 0 aliphatic carbocycles. The summed E-state index contributed by atoms with van der Waals surface area (Å²) in [5.74, 6) is -0.458. The Hall–Kier alpha value is -1.87. The Morgan fingerprint density at radius 1 is 1.06 bits per heavy atom. The quantitative estimate of drug-likeness (QED) is 0.900. The Kier molecular flexibility index (Phi) is 3.95. The van der Waals surface area contributed by atoms with Crippen LogP contribution in [0.3, 0.4) is 0 Å². The molecule has 0 radical (unpaired) electrons. The molecule has 2 rings (SSSR count). The second-order valence-corrected chi connectivity index (χ2v) is 4.29. The minimum absolute atomic E-state index is 0.149. The van der Waals surface area contributed by atoms with Crippen LogP contribution in [0, 0.1) is 5.82 Å². The maximum absolute atomic E-state index is 12.7. The van der Waals surface area contributed by atoms with Gasteiger partial charge in [-0.1, -0.05) is 23.7 Å². The Balaban J connectivity index is 1.96. The standard InChI is InChI=1S/C14H11ClFNO/c15-11-3-7-13(8-4-11)17-14(18)9-10-1-5-12(16)6-2-10/h1-8H,9H2,(H,17,18). The van der Waals surface area contributed by atoms with Crippen LogP contribution in [-0.2, 0) is 11.2 Å². The lowest BCUT2D eigenvalue weighted by Crippen LogP contribution is -2.14. The molecule has 1 amide bonds. The Labute approximate surface area is 109 Å². The molecular formula is C14H11ClFNO. The minimum atomic E-state index is -0.308. The SMILES string of the molecule is O=C(Cc1ccc(F)cc1)Nc1ccc(Cl)cc1. The van der Waals surface area contributed by atoms with Crippen LogP contribution in [0.4, 0.5) is 10.1 Å². The second kappa shape index (κ2) is 5.65. The van der Waals surface area contributed by atoms with Crippen LogP contribution in [0.5, 0.6) is 0 Å². The van der Waals surface area contributed by atoms with Crippen LogP contribution in [0.1, 0.15) is 5.56 Å². The van der Waals surface area contributed by atoms with Crippen molar-refractivity contribution in [3.8, 4) is 0 Å². The van der Waals surface area contributed by atoms with E-state index in [9.17, 15) is 9.18 Å². The molecule has 2 nitrogen and oxygen atoms in total. The molecule has 0 saturated heterocycles. The number of amides is 1. The number of rotatable bonds is 3. The van der Waals surface area contributed by atoms with Crippen molar-refractivity contribution in [2.24, 2.45) is 0 Å². The van der Waals surface area contributed by atoms with Gasteiger partial charge in [-0.05, 0) is 42.0 Å². The summed E-state index contributed by atoms with van der Waals surface area (Å²) in [4.78, 5) is 11.7.